The van der Waals surface area contributed by atoms with E-state index in [9.17, 15) is 4.79 Å². The standard InChI is InChI=1S/C22H16BrN3O2/c23-21-11-4-3-10-20(21)22(27)26-25-14-16-6-5-9-19(12-16)28-15-18-8-2-1-7-17(18)13-24/h1-12,14H,15H2,(H,26,27)/b25-14-. The molecule has 3 aromatic rings. The average Bonchev–Trinajstić information content (AvgIpc) is 2.73. The Kier molecular flexibility index (Phi) is 6.55. The Labute approximate surface area is 171 Å². The Hall–Kier alpha value is -3.43. The first-order valence-electron chi connectivity index (χ1n) is 8.46. The van der Waals surface area contributed by atoms with Crippen LogP contribution in [0.1, 0.15) is 27.0 Å². The smallest absolute Gasteiger partial charge is 0.272 e. The topological polar surface area (TPSA) is 74.5 Å². The van der Waals surface area contributed by atoms with Crippen LogP contribution in [0.25, 0.3) is 0 Å². The molecular formula is C22H16BrN3O2. The Morgan fingerprint density at radius 3 is 2.71 bits per heavy atom. The minimum Gasteiger partial charge on any atom is -0.489 e. The Morgan fingerprint density at radius 2 is 1.89 bits per heavy atom. The number of amides is 1. The number of nitrogens with one attached hydrogen (secondary N) is 1. The molecular weight excluding hydrogens is 418 g/mol. The van der Waals surface area contributed by atoms with Gasteiger partial charge in [-0.15, -0.1) is 0 Å². The summed E-state index contributed by atoms with van der Waals surface area (Å²) in [4.78, 5) is 12.1. The summed E-state index contributed by atoms with van der Waals surface area (Å²) in [7, 11) is 0. The monoisotopic (exact) mass is 433 g/mol. The van der Waals surface area contributed by atoms with Crippen molar-refractivity contribution in [1.29, 1.82) is 5.26 Å². The fourth-order valence-corrected chi connectivity index (χ4v) is 2.94. The van der Waals surface area contributed by atoms with Crippen LogP contribution in [0.15, 0.2) is 82.4 Å². The maximum Gasteiger partial charge on any atom is 0.272 e. The van der Waals surface area contributed by atoms with Gasteiger partial charge in [-0.05, 0) is 51.8 Å². The van der Waals surface area contributed by atoms with Crippen LogP contribution in [0.3, 0.4) is 0 Å². The van der Waals surface area contributed by atoms with Gasteiger partial charge in [0, 0.05) is 10.0 Å². The van der Waals surface area contributed by atoms with Crippen LogP contribution in [-0.2, 0) is 6.61 Å². The zero-order chi connectivity index (χ0) is 19.8. The summed E-state index contributed by atoms with van der Waals surface area (Å²) < 4.78 is 6.49. The number of nitriles is 1. The zero-order valence-corrected chi connectivity index (χ0v) is 16.4. The number of carbonyl (C=O) groups is 1. The van der Waals surface area contributed by atoms with Crippen LogP contribution in [0.4, 0.5) is 0 Å². The van der Waals surface area contributed by atoms with E-state index >= 15 is 0 Å². The largest absolute Gasteiger partial charge is 0.489 e. The summed E-state index contributed by atoms with van der Waals surface area (Å²) in [5.41, 5.74) is 5.20. The van der Waals surface area contributed by atoms with Gasteiger partial charge in [0.05, 0.1) is 23.4 Å². The molecule has 0 saturated heterocycles. The SMILES string of the molecule is N#Cc1ccccc1COc1cccc(/C=N\NC(=O)c2ccccc2Br)c1. The minimum absolute atomic E-state index is 0.295. The van der Waals surface area contributed by atoms with Crippen molar-refractivity contribution in [3.8, 4) is 11.8 Å². The fraction of sp³-hybridized carbons (Fsp3) is 0.0455. The summed E-state index contributed by atoms with van der Waals surface area (Å²) in [6.45, 7) is 0.295. The lowest BCUT2D eigenvalue weighted by molar-refractivity contribution is 0.0954. The molecule has 5 nitrogen and oxygen atoms in total. The third kappa shape index (κ3) is 5.06. The predicted octanol–water partition coefficient (Wildman–Crippen LogP) is 4.66. The van der Waals surface area contributed by atoms with E-state index < -0.39 is 0 Å². The molecule has 0 radical (unpaired) electrons. The fourth-order valence-electron chi connectivity index (χ4n) is 2.47. The molecule has 0 fully saturated rings. The molecule has 0 spiro atoms. The maximum absolute atomic E-state index is 12.1. The van der Waals surface area contributed by atoms with Crippen molar-refractivity contribution < 1.29 is 9.53 Å². The maximum atomic E-state index is 12.1. The number of hydrazone groups is 1. The summed E-state index contributed by atoms with van der Waals surface area (Å²) in [5.74, 6) is 0.345. The van der Waals surface area contributed by atoms with Crippen molar-refractivity contribution in [3.05, 3.63) is 99.5 Å². The number of carbonyl (C=O) groups excluding carboxylic acids is 1. The molecule has 6 heteroatoms. The first kappa shape index (κ1) is 19.3. The lowest BCUT2D eigenvalue weighted by Gasteiger charge is -2.08. The number of hydrogen-bond donors (Lipinski definition) is 1. The highest BCUT2D eigenvalue weighted by atomic mass is 79.9. The molecule has 0 bridgehead atoms. The molecule has 28 heavy (non-hydrogen) atoms. The number of ether oxygens (including phenoxy) is 1. The molecule has 1 N–H and O–H groups in total. The highest BCUT2D eigenvalue weighted by molar-refractivity contribution is 9.10. The van der Waals surface area contributed by atoms with Crippen LogP contribution in [0.2, 0.25) is 0 Å². The van der Waals surface area contributed by atoms with E-state index in [-0.39, 0.29) is 5.91 Å². The summed E-state index contributed by atoms with van der Waals surface area (Å²) in [6.07, 6.45) is 1.55. The summed E-state index contributed by atoms with van der Waals surface area (Å²) in [5, 5.41) is 13.1. The van der Waals surface area contributed by atoms with Crippen molar-refractivity contribution in [1.82, 2.24) is 5.43 Å². The molecule has 138 valence electrons. The molecule has 3 aromatic carbocycles. The van der Waals surface area contributed by atoms with Gasteiger partial charge < -0.3 is 4.74 Å². The first-order valence-corrected chi connectivity index (χ1v) is 9.25. The van der Waals surface area contributed by atoms with E-state index in [0.29, 0.717) is 28.0 Å². The molecule has 0 aromatic heterocycles. The van der Waals surface area contributed by atoms with E-state index in [1.54, 1.807) is 30.5 Å². The van der Waals surface area contributed by atoms with E-state index in [4.69, 9.17) is 10.00 Å². The second-order valence-corrected chi connectivity index (χ2v) is 6.66. The summed E-state index contributed by atoms with van der Waals surface area (Å²) in [6, 6.07) is 23.9. The van der Waals surface area contributed by atoms with Gasteiger partial charge in [0.25, 0.3) is 5.91 Å². The molecule has 0 unspecified atom stereocenters. The average molecular weight is 434 g/mol. The molecule has 0 saturated carbocycles. The number of halogens is 1. The van der Waals surface area contributed by atoms with Crippen molar-refractivity contribution in [2.45, 2.75) is 6.61 Å². The quantitative estimate of drug-likeness (QED) is 0.453. The van der Waals surface area contributed by atoms with Crippen molar-refractivity contribution in [2.24, 2.45) is 5.10 Å². The van der Waals surface area contributed by atoms with Crippen LogP contribution in [-0.4, -0.2) is 12.1 Å². The van der Waals surface area contributed by atoms with Crippen LogP contribution >= 0.6 is 15.9 Å². The third-order valence-electron chi connectivity index (χ3n) is 3.89. The van der Waals surface area contributed by atoms with E-state index in [1.165, 1.54) is 0 Å². The second kappa shape index (κ2) is 9.49. The molecule has 0 atom stereocenters. The first-order chi connectivity index (χ1) is 13.7. The van der Waals surface area contributed by atoms with E-state index in [0.717, 1.165) is 11.1 Å². The van der Waals surface area contributed by atoms with Crippen LogP contribution < -0.4 is 10.2 Å². The van der Waals surface area contributed by atoms with Gasteiger partial charge in [0.15, 0.2) is 0 Å². The van der Waals surface area contributed by atoms with Crippen LogP contribution in [0.5, 0.6) is 5.75 Å². The highest BCUT2D eigenvalue weighted by Gasteiger charge is 2.07. The van der Waals surface area contributed by atoms with E-state index in [2.05, 4.69) is 32.5 Å². The van der Waals surface area contributed by atoms with Crippen LogP contribution in [0, 0.1) is 11.3 Å². The second-order valence-electron chi connectivity index (χ2n) is 5.81. The van der Waals surface area contributed by atoms with Gasteiger partial charge >= 0.3 is 0 Å². The molecule has 0 heterocycles. The van der Waals surface area contributed by atoms with Gasteiger partial charge in [-0.25, -0.2) is 5.43 Å². The highest BCUT2D eigenvalue weighted by Crippen LogP contribution is 2.17. The lowest BCUT2D eigenvalue weighted by atomic mass is 10.1. The number of rotatable bonds is 6. The Balaban J connectivity index is 1.62. The molecule has 0 aliphatic heterocycles. The minimum atomic E-state index is -0.302. The molecule has 1 amide bonds. The number of benzene rings is 3. The van der Waals surface area contributed by atoms with Crippen molar-refractivity contribution >= 4 is 28.1 Å². The Bertz CT molecular complexity index is 1060. The molecule has 0 aliphatic rings. The molecule has 0 aliphatic carbocycles. The van der Waals surface area contributed by atoms with E-state index in [1.807, 2.05) is 48.5 Å². The van der Waals surface area contributed by atoms with Crippen molar-refractivity contribution in [3.63, 3.8) is 0 Å². The lowest BCUT2D eigenvalue weighted by Crippen LogP contribution is -2.18. The Morgan fingerprint density at radius 1 is 1.11 bits per heavy atom. The van der Waals surface area contributed by atoms with Gasteiger partial charge in [0.1, 0.15) is 12.4 Å². The van der Waals surface area contributed by atoms with Gasteiger partial charge in [-0.2, -0.15) is 10.4 Å². The number of nitrogens with zero attached hydrogens (tertiary/aromatic N) is 2. The molecule has 3 rings (SSSR count). The zero-order valence-electron chi connectivity index (χ0n) is 14.8. The predicted molar refractivity (Wildman–Crippen MR) is 111 cm³/mol. The van der Waals surface area contributed by atoms with Gasteiger partial charge in [-0.3, -0.25) is 4.79 Å². The third-order valence-corrected chi connectivity index (χ3v) is 4.58. The summed E-state index contributed by atoms with van der Waals surface area (Å²) >= 11 is 3.34. The van der Waals surface area contributed by atoms with Gasteiger partial charge in [-0.1, -0.05) is 42.5 Å². The normalized spacial score (nSPS) is 10.4. The number of hydrogen-bond acceptors (Lipinski definition) is 4. The van der Waals surface area contributed by atoms with Gasteiger partial charge in [0.2, 0.25) is 0 Å². The van der Waals surface area contributed by atoms with Crippen molar-refractivity contribution in [2.75, 3.05) is 0 Å².